The van der Waals surface area contributed by atoms with Gasteiger partial charge >= 0.3 is 0 Å². The lowest BCUT2D eigenvalue weighted by Crippen LogP contribution is -1.97. The lowest BCUT2D eigenvalue weighted by atomic mass is 10.1. The highest BCUT2D eigenvalue weighted by atomic mass is 32.2. The Bertz CT molecular complexity index is 275. The van der Waals surface area contributed by atoms with Crippen LogP contribution in [0.25, 0.3) is 0 Å². The summed E-state index contributed by atoms with van der Waals surface area (Å²) in [4.78, 5) is 0. The van der Waals surface area contributed by atoms with Crippen LogP contribution in [0.15, 0.2) is 0 Å². The molecule has 178 valence electrons. The molecule has 0 saturated carbocycles. The summed E-state index contributed by atoms with van der Waals surface area (Å²) in [5.41, 5.74) is 0. The zero-order chi connectivity index (χ0) is 21.8. The van der Waals surface area contributed by atoms with E-state index in [0.717, 1.165) is 13.2 Å². The SMILES string of the molecule is CCCCCCCCCCCCOCCCCCCCCCCCC.O=S(O)O. The van der Waals surface area contributed by atoms with Crippen molar-refractivity contribution in [1.29, 1.82) is 0 Å². The van der Waals surface area contributed by atoms with E-state index in [1.807, 2.05) is 0 Å². The molecule has 0 heterocycles. The molecule has 0 rings (SSSR count). The zero-order valence-electron chi connectivity index (χ0n) is 19.7. The van der Waals surface area contributed by atoms with Crippen LogP contribution in [0.3, 0.4) is 0 Å². The summed E-state index contributed by atoms with van der Waals surface area (Å²) in [7, 11) is 0. The third-order valence-electron chi connectivity index (χ3n) is 5.28. The Morgan fingerprint density at radius 1 is 0.483 bits per heavy atom. The van der Waals surface area contributed by atoms with Gasteiger partial charge in [0.1, 0.15) is 0 Å². The van der Waals surface area contributed by atoms with E-state index in [2.05, 4.69) is 13.8 Å². The molecule has 29 heavy (non-hydrogen) atoms. The first-order chi connectivity index (χ1) is 14.1. The van der Waals surface area contributed by atoms with Gasteiger partial charge in [-0.15, -0.1) is 0 Å². The van der Waals surface area contributed by atoms with Gasteiger partial charge in [0.2, 0.25) is 0 Å². The van der Waals surface area contributed by atoms with Gasteiger partial charge in [0.05, 0.1) is 0 Å². The minimum absolute atomic E-state index is 0.994. The molecule has 0 amide bonds. The van der Waals surface area contributed by atoms with E-state index in [4.69, 9.17) is 18.1 Å². The minimum Gasteiger partial charge on any atom is -0.381 e. The fraction of sp³-hybridized carbons (Fsp3) is 1.00. The lowest BCUT2D eigenvalue weighted by Gasteiger charge is -2.05. The first-order valence-corrected chi connectivity index (χ1v) is 13.6. The minimum atomic E-state index is -2.61. The van der Waals surface area contributed by atoms with E-state index in [-0.39, 0.29) is 0 Å². The van der Waals surface area contributed by atoms with E-state index in [1.54, 1.807) is 0 Å². The second-order valence-corrected chi connectivity index (χ2v) is 8.67. The predicted octanol–water partition coefficient (Wildman–Crippen LogP) is 8.53. The molecule has 5 heteroatoms. The molecule has 2 N–H and O–H groups in total. The molecule has 0 saturated heterocycles. The van der Waals surface area contributed by atoms with Gasteiger partial charge in [0.25, 0.3) is 11.4 Å². The Balaban J connectivity index is 0. The maximum Gasteiger partial charge on any atom is 0.299 e. The molecule has 0 aliphatic heterocycles. The van der Waals surface area contributed by atoms with Crippen molar-refractivity contribution in [2.75, 3.05) is 13.2 Å². The standard InChI is InChI=1S/C24H50O.H2O3S/c1-3-5-7-9-11-13-15-17-19-21-23-25-24-22-20-18-16-14-12-10-8-6-4-2;1-4(2)3/h3-24H2,1-2H3;(H2,1,2,3). The summed E-state index contributed by atoms with van der Waals surface area (Å²) in [6.45, 7) is 6.57. The molecule has 0 unspecified atom stereocenters. The Labute approximate surface area is 185 Å². The molecule has 0 aliphatic carbocycles. The normalized spacial score (nSPS) is 10.9. The van der Waals surface area contributed by atoms with Crippen LogP contribution in [0.5, 0.6) is 0 Å². The quantitative estimate of drug-likeness (QED) is 0.132. The first-order valence-electron chi connectivity index (χ1n) is 12.5. The molecule has 0 spiro atoms. The fourth-order valence-electron chi connectivity index (χ4n) is 3.49. The number of hydrogen-bond donors (Lipinski definition) is 2. The highest BCUT2D eigenvalue weighted by molar-refractivity contribution is 7.73. The van der Waals surface area contributed by atoms with E-state index in [0.29, 0.717) is 0 Å². The van der Waals surface area contributed by atoms with Crippen LogP contribution in [0, 0.1) is 0 Å². The molecule has 0 aromatic heterocycles. The third-order valence-corrected chi connectivity index (χ3v) is 5.28. The van der Waals surface area contributed by atoms with Gasteiger partial charge in [0.15, 0.2) is 0 Å². The second-order valence-electron chi connectivity index (χ2n) is 8.21. The third kappa shape index (κ3) is 39.1. The average molecular weight is 437 g/mol. The summed E-state index contributed by atoms with van der Waals surface area (Å²) >= 11 is -2.61. The van der Waals surface area contributed by atoms with Crippen LogP contribution in [-0.4, -0.2) is 26.5 Å². The Morgan fingerprint density at radius 2 is 0.690 bits per heavy atom. The van der Waals surface area contributed by atoms with Crippen molar-refractivity contribution in [3.63, 3.8) is 0 Å². The van der Waals surface area contributed by atoms with Crippen molar-refractivity contribution < 1.29 is 18.1 Å². The number of ether oxygens (including phenoxy) is 1. The number of hydrogen-bond acceptors (Lipinski definition) is 2. The van der Waals surface area contributed by atoms with Crippen LogP contribution < -0.4 is 0 Å². The van der Waals surface area contributed by atoms with Crippen LogP contribution in [0.4, 0.5) is 0 Å². The molecule has 0 aromatic carbocycles. The van der Waals surface area contributed by atoms with E-state index >= 15 is 0 Å². The summed E-state index contributed by atoms with van der Waals surface area (Å²) < 4.78 is 28.6. The van der Waals surface area contributed by atoms with Gasteiger partial charge in [-0.05, 0) is 12.8 Å². The van der Waals surface area contributed by atoms with Crippen molar-refractivity contribution >= 4 is 11.4 Å². The van der Waals surface area contributed by atoms with Crippen molar-refractivity contribution in [2.45, 2.75) is 142 Å². The monoisotopic (exact) mass is 436 g/mol. The highest BCUT2D eigenvalue weighted by Gasteiger charge is 1.95. The Hall–Kier alpha value is 0.0300. The molecule has 0 radical (unpaired) electrons. The molecule has 0 atom stereocenters. The summed E-state index contributed by atoms with van der Waals surface area (Å²) in [5, 5.41) is 0. The van der Waals surface area contributed by atoms with Crippen LogP contribution >= 0.6 is 0 Å². The molecule has 0 aliphatic rings. The van der Waals surface area contributed by atoms with Gasteiger partial charge < -0.3 is 4.74 Å². The largest absolute Gasteiger partial charge is 0.381 e. The Kier molecular flexibility index (Phi) is 32.5. The van der Waals surface area contributed by atoms with Gasteiger partial charge in [-0.25, -0.2) is 0 Å². The van der Waals surface area contributed by atoms with Crippen molar-refractivity contribution in [3.8, 4) is 0 Å². The smallest absolute Gasteiger partial charge is 0.299 e. The highest BCUT2D eigenvalue weighted by Crippen LogP contribution is 2.12. The predicted molar refractivity (Wildman–Crippen MR) is 128 cm³/mol. The Morgan fingerprint density at radius 3 is 0.931 bits per heavy atom. The summed E-state index contributed by atoms with van der Waals surface area (Å²) in [5.74, 6) is 0. The molecular formula is C24H52O4S. The second kappa shape index (κ2) is 30.2. The van der Waals surface area contributed by atoms with E-state index in [1.165, 1.54) is 128 Å². The maximum absolute atomic E-state index is 8.67. The van der Waals surface area contributed by atoms with Crippen LogP contribution in [0.1, 0.15) is 142 Å². The van der Waals surface area contributed by atoms with Crippen molar-refractivity contribution in [1.82, 2.24) is 0 Å². The molecular weight excluding hydrogens is 384 g/mol. The summed E-state index contributed by atoms with van der Waals surface area (Å²) in [6, 6.07) is 0. The lowest BCUT2D eigenvalue weighted by molar-refractivity contribution is 0.125. The average Bonchev–Trinajstić information content (AvgIpc) is 2.69. The maximum atomic E-state index is 8.67. The zero-order valence-corrected chi connectivity index (χ0v) is 20.5. The van der Waals surface area contributed by atoms with E-state index < -0.39 is 11.4 Å². The van der Waals surface area contributed by atoms with Crippen LogP contribution in [0.2, 0.25) is 0 Å². The summed E-state index contributed by atoms with van der Waals surface area (Å²) in [6.07, 6.45) is 28.2. The van der Waals surface area contributed by atoms with Gasteiger partial charge in [-0.1, -0.05) is 129 Å². The van der Waals surface area contributed by atoms with Gasteiger partial charge in [0, 0.05) is 13.2 Å². The van der Waals surface area contributed by atoms with Gasteiger partial charge in [-0.3, -0.25) is 9.11 Å². The first kappa shape index (κ1) is 31.2. The number of unbranched alkanes of at least 4 members (excludes halogenated alkanes) is 18. The van der Waals surface area contributed by atoms with E-state index in [9.17, 15) is 0 Å². The van der Waals surface area contributed by atoms with Gasteiger partial charge in [-0.2, -0.15) is 4.21 Å². The fourth-order valence-corrected chi connectivity index (χ4v) is 3.49. The molecule has 4 nitrogen and oxygen atoms in total. The van der Waals surface area contributed by atoms with Crippen molar-refractivity contribution in [2.24, 2.45) is 0 Å². The molecule has 0 fully saturated rings. The molecule has 0 bridgehead atoms. The number of rotatable bonds is 22. The van der Waals surface area contributed by atoms with Crippen molar-refractivity contribution in [3.05, 3.63) is 0 Å². The topological polar surface area (TPSA) is 66.8 Å². The van der Waals surface area contributed by atoms with Crippen LogP contribution in [-0.2, 0) is 16.1 Å². The molecule has 0 aromatic rings.